The zero-order valence-electron chi connectivity index (χ0n) is 14.7. The summed E-state index contributed by atoms with van der Waals surface area (Å²) < 4.78 is 10.2. The Morgan fingerprint density at radius 3 is 2.21 bits per heavy atom. The second-order valence-electron chi connectivity index (χ2n) is 6.03. The van der Waals surface area contributed by atoms with E-state index in [4.69, 9.17) is 9.47 Å². The molecule has 1 unspecified atom stereocenters. The topological polar surface area (TPSA) is 71.1 Å². The van der Waals surface area contributed by atoms with E-state index in [1.54, 1.807) is 13.8 Å². The minimum atomic E-state index is -1.11. The SMILES string of the molecule is C=CC(=O)OOC(C)OC(=O)OC(C)(C)c1ccc(C(C)C)cc1. The summed E-state index contributed by atoms with van der Waals surface area (Å²) in [4.78, 5) is 31.6. The Morgan fingerprint density at radius 2 is 1.71 bits per heavy atom. The van der Waals surface area contributed by atoms with Crippen LogP contribution in [0.4, 0.5) is 4.79 Å². The highest BCUT2D eigenvalue weighted by atomic mass is 17.2. The van der Waals surface area contributed by atoms with Gasteiger partial charge in [0.25, 0.3) is 0 Å². The number of hydrogen-bond donors (Lipinski definition) is 0. The number of benzene rings is 1. The van der Waals surface area contributed by atoms with Gasteiger partial charge in [-0.15, -0.1) is 4.89 Å². The molecule has 6 nitrogen and oxygen atoms in total. The molecule has 0 saturated heterocycles. The van der Waals surface area contributed by atoms with Crippen LogP contribution in [-0.4, -0.2) is 18.4 Å². The van der Waals surface area contributed by atoms with E-state index in [0.29, 0.717) is 5.92 Å². The van der Waals surface area contributed by atoms with Crippen LogP contribution in [0.25, 0.3) is 0 Å². The van der Waals surface area contributed by atoms with Crippen LogP contribution >= 0.6 is 0 Å². The molecule has 0 heterocycles. The molecule has 0 amide bonds. The second-order valence-corrected chi connectivity index (χ2v) is 6.03. The molecule has 0 saturated carbocycles. The van der Waals surface area contributed by atoms with E-state index in [-0.39, 0.29) is 0 Å². The van der Waals surface area contributed by atoms with Gasteiger partial charge in [0, 0.05) is 13.0 Å². The Hall–Kier alpha value is -2.34. The molecule has 0 radical (unpaired) electrons. The second kappa shape index (κ2) is 8.49. The smallest absolute Gasteiger partial charge is 0.423 e. The van der Waals surface area contributed by atoms with Crippen LogP contribution in [0.5, 0.6) is 0 Å². The van der Waals surface area contributed by atoms with Gasteiger partial charge in [0.15, 0.2) is 0 Å². The summed E-state index contributed by atoms with van der Waals surface area (Å²) in [6.45, 7) is 12.3. The summed E-state index contributed by atoms with van der Waals surface area (Å²) in [6.07, 6.45) is -1.12. The number of carbonyl (C=O) groups is 2. The fourth-order valence-corrected chi connectivity index (χ4v) is 1.87. The Bertz CT molecular complexity index is 574. The van der Waals surface area contributed by atoms with Gasteiger partial charge < -0.3 is 9.47 Å². The Labute approximate surface area is 142 Å². The molecule has 1 rings (SSSR count). The highest BCUT2D eigenvalue weighted by Gasteiger charge is 2.27. The summed E-state index contributed by atoms with van der Waals surface area (Å²) in [7, 11) is 0. The molecule has 0 aliphatic rings. The zero-order chi connectivity index (χ0) is 18.3. The van der Waals surface area contributed by atoms with Gasteiger partial charge in [-0.25, -0.2) is 9.59 Å². The maximum absolute atomic E-state index is 11.8. The van der Waals surface area contributed by atoms with Crippen molar-refractivity contribution in [2.75, 3.05) is 0 Å². The molecule has 0 N–H and O–H groups in total. The average molecular weight is 336 g/mol. The molecule has 24 heavy (non-hydrogen) atoms. The fourth-order valence-electron chi connectivity index (χ4n) is 1.87. The van der Waals surface area contributed by atoms with Gasteiger partial charge in [0.2, 0.25) is 6.29 Å². The third-order valence-corrected chi connectivity index (χ3v) is 3.31. The van der Waals surface area contributed by atoms with Crippen LogP contribution in [0, 0.1) is 0 Å². The number of hydrogen-bond acceptors (Lipinski definition) is 6. The van der Waals surface area contributed by atoms with Crippen molar-refractivity contribution in [3.8, 4) is 0 Å². The lowest BCUT2D eigenvalue weighted by Gasteiger charge is -2.26. The molecule has 0 aliphatic carbocycles. The van der Waals surface area contributed by atoms with Gasteiger partial charge in [-0.1, -0.05) is 44.7 Å². The first-order valence-corrected chi connectivity index (χ1v) is 7.65. The average Bonchev–Trinajstić information content (AvgIpc) is 2.51. The van der Waals surface area contributed by atoms with Crippen molar-refractivity contribution >= 4 is 12.1 Å². The van der Waals surface area contributed by atoms with E-state index in [0.717, 1.165) is 11.6 Å². The summed E-state index contributed by atoms with van der Waals surface area (Å²) >= 11 is 0. The summed E-state index contributed by atoms with van der Waals surface area (Å²) in [6, 6.07) is 7.82. The highest BCUT2D eigenvalue weighted by Crippen LogP contribution is 2.27. The number of carbonyl (C=O) groups excluding carboxylic acids is 2. The van der Waals surface area contributed by atoms with E-state index in [1.807, 2.05) is 24.3 Å². The van der Waals surface area contributed by atoms with Crippen LogP contribution in [0.3, 0.4) is 0 Å². The van der Waals surface area contributed by atoms with Crippen molar-refractivity contribution in [2.24, 2.45) is 0 Å². The lowest BCUT2D eigenvalue weighted by molar-refractivity contribution is -0.335. The zero-order valence-corrected chi connectivity index (χ0v) is 14.7. The van der Waals surface area contributed by atoms with E-state index in [9.17, 15) is 9.59 Å². The van der Waals surface area contributed by atoms with Gasteiger partial charge in [0.05, 0.1) is 0 Å². The molecule has 1 aromatic carbocycles. The quantitative estimate of drug-likeness (QED) is 0.244. The highest BCUT2D eigenvalue weighted by molar-refractivity contribution is 5.80. The van der Waals surface area contributed by atoms with Crippen molar-refractivity contribution in [3.63, 3.8) is 0 Å². The molecule has 0 spiro atoms. The molecule has 132 valence electrons. The Kier molecular flexibility index (Phi) is 6.97. The minimum Gasteiger partial charge on any atom is -0.423 e. The molecule has 0 aromatic heterocycles. The number of rotatable bonds is 7. The van der Waals surface area contributed by atoms with Crippen LogP contribution < -0.4 is 0 Å². The molecular weight excluding hydrogens is 312 g/mol. The molecule has 0 bridgehead atoms. The van der Waals surface area contributed by atoms with Crippen LogP contribution in [0.15, 0.2) is 36.9 Å². The first-order chi connectivity index (χ1) is 11.2. The van der Waals surface area contributed by atoms with Crippen LogP contribution in [0.2, 0.25) is 0 Å². The molecular formula is C18H24O6. The summed E-state index contributed by atoms with van der Waals surface area (Å²) in [5.41, 5.74) is 1.14. The predicted octanol–water partition coefficient (Wildman–Crippen LogP) is 4.21. The minimum absolute atomic E-state index is 0.421. The first kappa shape index (κ1) is 19.7. The Morgan fingerprint density at radius 1 is 1.12 bits per heavy atom. The van der Waals surface area contributed by atoms with Gasteiger partial charge in [-0.3, -0.25) is 4.89 Å². The monoisotopic (exact) mass is 336 g/mol. The largest absolute Gasteiger partial charge is 0.511 e. The van der Waals surface area contributed by atoms with Gasteiger partial charge >= 0.3 is 12.1 Å². The molecule has 6 heteroatoms. The lowest BCUT2D eigenvalue weighted by Crippen LogP contribution is -2.29. The van der Waals surface area contributed by atoms with E-state index < -0.39 is 24.0 Å². The van der Waals surface area contributed by atoms with E-state index >= 15 is 0 Å². The van der Waals surface area contributed by atoms with Crippen molar-refractivity contribution in [3.05, 3.63) is 48.0 Å². The summed E-state index contributed by atoms with van der Waals surface area (Å²) in [5, 5.41) is 0. The predicted molar refractivity (Wildman–Crippen MR) is 88.0 cm³/mol. The van der Waals surface area contributed by atoms with Gasteiger partial charge in [0.1, 0.15) is 5.60 Å². The third-order valence-electron chi connectivity index (χ3n) is 3.31. The maximum Gasteiger partial charge on any atom is 0.511 e. The summed E-state index contributed by atoms with van der Waals surface area (Å²) in [5.74, 6) is -0.367. The van der Waals surface area contributed by atoms with Crippen molar-refractivity contribution in [1.29, 1.82) is 0 Å². The van der Waals surface area contributed by atoms with Gasteiger partial charge in [-0.2, -0.15) is 0 Å². The number of ether oxygens (including phenoxy) is 2. The normalized spacial score (nSPS) is 12.4. The van der Waals surface area contributed by atoms with Crippen molar-refractivity contribution in [2.45, 2.75) is 52.4 Å². The van der Waals surface area contributed by atoms with E-state index in [2.05, 4.69) is 30.2 Å². The van der Waals surface area contributed by atoms with Crippen molar-refractivity contribution < 1.29 is 28.8 Å². The third kappa shape index (κ3) is 6.04. The van der Waals surface area contributed by atoms with Crippen LogP contribution in [0.1, 0.15) is 51.7 Å². The first-order valence-electron chi connectivity index (χ1n) is 7.65. The standard InChI is InChI=1S/C18H24O6/c1-7-16(19)24-23-13(4)21-17(20)22-18(5,6)15-10-8-14(9-11-15)12(2)3/h7-13H,1H2,2-6H3. The van der Waals surface area contributed by atoms with Gasteiger partial charge in [-0.05, 0) is 30.9 Å². The van der Waals surface area contributed by atoms with Crippen LogP contribution in [-0.2, 0) is 29.6 Å². The molecule has 0 aliphatic heterocycles. The molecule has 0 fully saturated rings. The van der Waals surface area contributed by atoms with Crippen molar-refractivity contribution in [1.82, 2.24) is 0 Å². The Balaban J connectivity index is 2.60. The lowest BCUT2D eigenvalue weighted by atomic mass is 9.94. The molecule has 1 atom stereocenters. The fraction of sp³-hybridized carbons (Fsp3) is 0.444. The van der Waals surface area contributed by atoms with E-state index in [1.165, 1.54) is 12.5 Å². The molecule has 1 aromatic rings. The maximum atomic E-state index is 11.8.